The summed E-state index contributed by atoms with van der Waals surface area (Å²) in [7, 11) is 0. The standard InChI is InChI=1S/C14H19BrN4/c15-11-8-12(16)14-18-17-13(19(14)9-11)7-6-10-4-2-1-3-5-10/h8-10H,1-7,16H2. The van der Waals surface area contributed by atoms with Crippen LogP contribution in [0.2, 0.25) is 0 Å². The Bertz CT molecular complexity index is 572. The average Bonchev–Trinajstić information content (AvgIpc) is 2.81. The first-order valence-electron chi connectivity index (χ1n) is 7.02. The molecule has 0 amide bonds. The molecule has 102 valence electrons. The van der Waals surface area contributed by atoms with E-state index < -0.39 is 0 Å². The van der Waals surface area contributed by atoms with Gasteiger partial charge in [-0.3, -0.25) is 4.40 Å². The van der Waals surface area contributed by atoms with E-state index in [1.165, 1.54) is 38.5 Å². The Kier molecular flexibility index (Phi) is 3.73. The summed E-state index contributed by atoms with van der Waals surface area (Å²) in [6.45, 7) is 0. The molecule has 2 aromatic heterocycles. The fraction of sp³-hybridized carbons (Fsp3) is 0.571. The molecule has 3 rings (SSSR count). The summed E-state index contributed by atoms with van der Waals surface area (Å²) in [6.07, 6.45) is 11.2. The van der Waals surface area contributed by atoms with Crippen LogP contribution in [0, 0.1) is 5.92 Å². The van der Waals surface area contributed by atoms with Crippen molar-refractivity contribution in [2.45, 2.75) is 44.9 Å². The molecule has 0 atom stereocenters. The van der Waals surface area contributed by atoms with Gasteiger partial charge in [0.15, 0.2) is 5.65 Å². The van der Waals surface area contributed by atoms with Crippen molar-refractivity contribution >= 4 is 27.3 Å². The minimum Gasteiger partial charge on any atom is -0.396 e. The van der Waals surface area contributed by atoms with Crippen LogP contribution in [0.15, 0.2) is 16.7 Å². The van der Waals surface area contributed by atoms with Gasteiger partial charge in [0.1, 0.15) is 5.82 Å². The van der Waals surface area contributed by atoms with E-state index in [-0.39, 0.29) is 0 Å². The van der Waals surface area contributed by atoms with Crippen molar-refractivity contribution in [1.29, 1.82) is 0 Å². The van der Waals surface area contributed by atoms with E-state index in [2.05, 4.69) is 26.1 Å². The maximum Gasteiger partial charge on any atom is 0.184 e. The zero-order chi connectivity index (χ0) is 13.2. The van der Waals surface area contributed by atoms with Crippen LogP contribution in [-0.2, 0) is 6.42 Å². The molecule has 0 bridgehead atoms. The van der Waals surface area contributed by atoms with E-state index in [0.717, 1.165) is 28.3 Å². The Labute approximate surface area is 121 Å². The Morgan fingerprint density at radius 2 is 2.05 bits per heavy atom. The highest BCUT2D eigenvalue weighted by Crippen LogP contribution is 2.27. The molecular formula is C14H19BrN4. The van der Waals surface area contributed by atoms with E-state index in [1.54, 1.807) is 0 Å². The van der Waals surface area contributed by atoms with E-state index in [4.69, 9.17) is 5.73 Å². The molecule has 1 aliphatic rings. The van der Waals surface area contributed by atoms with Gasteiger partial charge in [0.2, 0.25) is 0 Å². The number of nitrogens with two attached hydrogens (primary N) is 1. The predicted octanol–water partition coefficient (Wildman–Crippen LogP) is 3.59. The number of hydrogen-bond acceptors (Lipinski definition) is 3. The third-order valence-corrected chi connectivity index (χ3v) is 4.51. The zero-order valence-electron chi connectivity index (χ0n) is 11.0. The molecule has 5 heteroatoms. The van der Waals surface area contributed by atoms with Gasteiger partial charge < -0.3 is 5.73 Å². The average molecular weight is 323 g/mol. The molecule has 4 nitrogen and oxygen atoms in total. The van der Waals surface area contributed by atoms with Gasteiger partial charge in [-0.2, -0.15) is 0 Å². The lowest BCUT2D eigenvalue weighted by Gasteiger charge is -2.20. The van der Waals surface area contributed by atoms with E-state index >= 15 is 0 Å². The molecule has 0 aromatic carbocycles. The molecule has 2 N–H and O–H groups in total. The monoisotopic (exact) mass is 322 g/mol. The first kappa shape index (κ1) is 12.9. The Balaban J connectivity index is 1.77. The van der Waals surface area contributed by atoms with Crippen molar-refractivity contribution in [3.8, 4) is 0 Å². The normalized spacial score (nSPS) is 17.1. The third kappa shape index (κ3) is 2.76. The minimum atomic E-state index is 0.672. The number of aryl methyl sites for hydroxylation is 1. The lowest BCUT2D eigenvalue weighted by Crippen LogP contribution is -2.08. The van der Waals surface area contributed by atoms with Crippen LogP contribution in [0.5, 0.6) is 0 Å². The number of hydrogen-bond donors (Lipinski definition) is 1. The highest BCUT2D eigenvalue weighted by Gasteiger charge is 2.15. The van der Waals surface area contributed by atoms with Crippen LogP contribution in [0.25, 0.3) is 5.65 Å². The summed E-state index contributed by atoms with van der Waals surface area (Å²) in [5, 5.41) is 8.48. The largest absolute Gasteiger partial charge is 0.396 e. The van der Waals surface area contributed by atoms with Gasteiger partial charge in [-0.05, 0) is 34.3 Å². The van der Waals surface area contributed by atoms with Crippen LogP contribution in [0.4, 0.5) is 5.69 Å². The SMILES string of the molecule is Nc1cc(Br)cn2c(CCC3CCCCC3)nnc12. The van der Waals surface area contributed by atoms with Crippen molar-refractivity contribution < 1.29 is 0 Å². The summed E-state index contributed by atoms with van der Waals surface area (Å²) in [6, 6.07) is 1.87. The van der Waals surface area contributed by atoms with Gasteiger partial charge in [0.25, 0.3) is 0 Å². The van der Waals surface area contributed by atoms with Gasteiger partial charge >= 0.3 is 0 Å². The first-order valence-corrected chi connectivity index (χ1v) is 7.82. The molecule has 2 aromatic rings. The number of pyridine rings is 1. The Morgan fingerprint density at radius 1 is 1.26 bits per heavy atom. The minimum absolute atomic E-state index is 0.672. The lowest BCUT2D eigenvalue weighted by atomic mass is 9.86. The number of fused-ring (bicyclic) bond motifs is 1. The smallest absolute Gasteiger partial charge is 0.184 e. The number of aromatic nitrogens is 3. The van der Waals surface area contributed by atoms with Crippen LogP contribution < -0.4 is 5.73 Å². The molecule has 0 radical (unpaired) electrons. The van der Waals surface area contributed by atoms with Crippen molar-refractivity contribution in [3.05, 3.63) is 22.6 Å². The summed E-state index contributed by atoms with van der Waals surface area (Å²) in [4.78, 5) is 0. The first-order chi connectivity index (χ1) is 9.24. The highest BCUT2D eigenvalue weighted by molar-refractivity contribution is 9.10. The van der Waals surface area contributed by atoms with Crippen LogP contribution in [0.3, 0.4) is 0 Å². The van der Waals surface area contributed by atoms with E-state index in [1.807, 2.05) is 16.7 Å². The van der Waals surface area contributed by atoms with E-state index in [0.29, 0.717) is 5.69 Å². The second-order valence-electron chi connectivity index (χ2n) is 5.47. The van der Waals surface area contributed by atoms with Gasteiger partial charge in [0, 0.05) is 17.1 Å². The quantitative estimate of drug-likeness (QED) is 0.939. The zero-order valence-corrected chi connectivity index (χ0v) is 12.6. The molecule has 1 fully saturated rings. The highest BCUT2D eigenvalue weighted by atomic mass is 79.9. The number of halogens is 1. The Morgan fingerprint density at radius 3 is 2.84 bits per heavy atom. The molecule has 19 heavy (non-hydrogen) atoms. The molecule has 0 unspecified atom stereocenters. The van der Waals surface area contributed by atoms with Crippen LogP contribution in [-0.4, -0.2) is 14.6 Å². The van der Waals surface area contributed by atoms with Crippen molar-refractivity contribution in [1.82, 2.24) is 14.6 Å². The van der Waals surface area contributed by atoms with Gasteiger partial charge in [0.05, 0.1) is 5.69 Å². The maximum absolute atomic E-state index is 5.96. The number of anilines is 1. The van der Waals surface area contributed by atoms with Crippen molar-refractivity contribution in [2.24, 2.45) is 5.92 Å². The van der Waals surface area contributed by atoms with Gasteiger partial charge in [-0.1, -0.05) is 32.1 Å². The van der Waals surface area contributed by atoms with E-state index in [9.17, 15) is 0 Å². The predicted molar refractivity (Wildman–Crippen MR) is 80.0 cm³/mol. The molecule has 0 saturated heterocycles. The summed E-state index contributed by atoms with van der Waals surface area (Å²) < 4.78 is 2.98. The Hall–Kier alpha value is -1.10. The molecule has 2 heterocycles. The molecule has 0 spiro atoms. The number of nitrogen functional groups attached to an aromatic ring is 1. The van der Waals surface area contributed by atoms with Gasteiger partial charge in [-0.15, -0.1) is 10.2 Å². The fourth-order valence-electron chi connectivity index (χ4n) is 3.01. The molecule has 0 aliphatic heterocycles. The molecular weight excluding hydrogens is 304 g/mol. The lowest BCUT2D eigenvalue weighted by molar-refractivity contribution is 0.337. The third-order valence-electron chi connectivity index (χ3n) is 4.07. The molecule has 1 aliphatic carbocycles. The summed E-state index contributed by atoms with van der Waals surface area (Å²) in [5.74, 6) is 1.89. The van der Waals surface area contributed by atoms with Crippen LogP contribution >= 0.6 is 15.9 Å². The second kappa shape index (κ2) is 5.49. The summed E-state index contributed by atoms with van der Waals surface area (Å²) >= 11 is 3.47. The summed E-state index contributed by atoms with van der Waals surface area (Å²) in [5.41, 5.74) is 7.39. The maximum atomic E-state index is 5.96. The van der Waals surface area contributed by atoms with Crippen molar-refractivity contribution in [2.75, 3.05) is 5.73 Å². The number of nitrogens with zero attached hydrogens (tertiary/aromatic N) is 3. The van der Waals surface area contributed by atoms with Gasteiger partial charge in [-0.25, -0.2) is 0 Å². The second-order valence-corrected chi connectivity index (χ2v) is 6.38. The molecule has 1 saturated carbocycles. The van der Waals surface area contributed by atoms with Crippen LogP contribution in [0.1, 0.15) is 44.3 Å². The topological polar surface area (TPSA) is 56.2 Å². The number of rotatable bonds is 3. The van der Waals surface area contributed by atoms with Crippen molar-refractivity contribution in [3.63, 3.8) is 0 Å². The fourth-order valence-corrected chi connectivity index (χ4v) is 3.46.